The Morgan fingerprint density at radius 3 is 2.83 bits per heavy atom. The lowest BCUT2D eigenvalue weighted by Crippen LogP contribution is -2.07. The molecule has 10 heteroatoms. The van der Waals surface area contributed by atoms with Crippen molar-refractivity contribution in [1.29, 1.82) is 0 Å². The monoisotopic (exact) mass is 422 g/mol. The maximum absolute atomic E-state index is 12.1. The molecule has 1 aliphatic heterocycles. The minimum absolute atomic E-state index is 0.0694. The van der Waals surface area contributed by atoms with Gasteiger partial charge in [0.1, 0.15) is 0 Å². The van der Waals surface area contributed by atoms with Gasteiger partial charge in [0.15, 0.2) is 16.5 Å². The molecule has 0 fully saturated rings. The number of hydrogen-bond acceptors (Lipinski definition) is 8. The fourth-order valence-electron chi connectivity index (χ4n) is 2.67. The summed E-state index contributed by atoms with van der Waals surface area (Å²) in [5.74, 6) is 1.000. The molecule has 4 rings (SSSR count). The van der Waals surface area contributed by atoms with Crippen LogP contribution in [0.25, 0.3) is 16.6 Å². The van der Waals surface area contributed by atoms with Crippen molar-refractivity contribution in [2.45, 2.75) is 0 Å². The first-order chi connectivity index (χ1) is 14.6. The van der Waals surface area contributed by atoms with Crippen LogP contribution in [0, 0.1) is 10.1 Å². The van der Waals surface area contributed by atoms with Crippen molar-refractivity contribution in [3.05, 3.63) is 76.4 Å². The molecule has 0 atom stereocenters. The molecule has 3 aromatic rings. The van der Waals surface area contributed by atoms with Gasteiger partial charge in [0.25, 0.3) is 5.69 Å². The van der Waals surface area contributed by atoms with Gasteiger partial charge in [-0.2, -0.15) is 0 Å². The Kier molecular flexibility index (Phi) is 5.48. The molecule has 150 valence electrons. The number of anilines is 1. The normalized spacial score (nSPS) is 12.5. The van der Waals surface area contributed by atoms with Crippen LogP contribution >= 0.6 is 11.3 Å². The molecule has 2 aromatic carbocycles. The number of hydrogen-bond donors (Lipinski definition) is 1. The number of aromatic nitrogens is 2. The second-order valence-electron chi connectivity index (χ2n) is 6.01. The Morgan fingerprint density at radius 1 is 1.13 bits per heavy atom. The Labute approximate surface area is 174 Å². The lowest BCUT2D eigenvalue weighted by molar-refractivity contribution is -0.384. The van der Waals surface area contributed by atoms with E-state index in [2.05, 4.69) is 15.5 Å². The number of allylic oxidation sites excluding steroid dienone is 2. The first-order valence-electron chi connectivity index (χ1n) is 8.73. The quantitative estimate of drug-likeness (QED) is 0.276. The number of rotatable bonds is 6. The zero-order valence-electron chi connectivity index (χ0n) is 15.3. The Morgan fingerprint density at radius 2 is 1.97 bits per heavy atom. The number of nitrogens with one attached hydrogen (secondary N) is 1. The smallest absolute Gasteiger partial charge is 0.279 e. The number of nitrogens with zero attached hydrogens (tertiary/aromatic N) is 3. The van der Waals surface area contributed by atoms with Crippen molar-refractivity contribution >= 4 is 34.1 Å². The molecule has 30 heavy (non-hydrogen) atoms. The molecule has 0 saturated heterocycles. The van der Waals surface area contributed by atoms with Crippen molar-refractivity contribution in [3.8, 4) is 22.1 Å². The highest BCUT2D eigenvalue weighted by molar-refractivity contribution is 7.18. The topological polar surface area (TPSA) is 116 Å². The number of nitro benzene ring substituents is 1. The van der Waals surface area contributed by atoms with Crippen molar-refractivity contribution in [2.75, 3.05) is 12.1 Å². The van der Waals surface area contributed by atoms with Crippen LogP contribution in [0.15, 0.2) is 60.7 Å². The molecule has 1 aliphatic rings. The zero-order chi connectivity index (χ0) is 20.9. The minimum atomic E-state index is -0.482. The van der Waals surface area contributed by atoms with Crippen molar-refractivity contribution in [1.82, 2.24) is 10.2 Å². The highest BCUT2D eigenvalue weighted by Crippen LogP contribution is 2.33. The van der Waals surface area contributed by atoms with Crippen LogP contribution in [-0.2, 0) is 4.79 Å². The molecule has 0 bridgehead atoms. The number of nitro groups is 1. The largest absolute Gasteiger partial charge is 0.454 e. The van der Waals surface area contributed by atoms with Crippen LogP contribution in [-0.4, -0.2) is 27.8 Å². The second kappa shape index (κ2) is 8.53. The van der Waals surface area contributed by atoms with E-state index in [1.54, 1.807) is 30.4 Å². The maximum atomic E-state index is 12.1. The summed E-state index contributed by atoms with van der Waals surface area (Å²) in [6.07, 6.45) is 6.47. The summed E-state index contributed by atoms with van der Waals surface area (Å²) in [7, 11) is 0. The molecule has 2 heterocycles. The van der Waals surface area contributed by atoms with Gasteiger partial charge in [-0.25, -0.2) is 0 Å². The predicted octanol–water partition coefficient (Wildman–Crippen LogP) is 4.05. The summed E-state index contributed by atoms with van der Waals surface area (Å²) in [4.78, 5) is 22.7. The summed E-state index contributed by atoms with van der Waals surface area (Å²) in [6, 6.07) is 11.8. The van der Waals surface area contributed by atoms with Gasteiger partial charge in [-0.3, -0.25) is 20.2 Å². The molecule has 0 unspecified atom stereocenters. The minimum Gasteiger partial charge on any atom is -0.454 e. The van der Waals surface area contributed by atoms with Gasteiger partial charge in [-0.15, -0.1) is 10.2 Å². The van der Waals surface area contributed by atoms with Crippen molar-refractivity contribution in [2.24, 2.45) is 0 Å². The predicted molar refractivity (Wildman–Crippen MR) is 111 cm³/mol. The van der Waals surface area contributed by atoms with E-state index in [9.17, 15) is 14.9 Å². The van der Waals surface area contributed by atoms with Gasteiger partial charge in [-0.1, -0.05) is 47.8 Å². The third-order valence-electron chi connectivity index (χ3n) is 4.03. The van der Waals surface area contributed by atoms with Crippen LogP contribution in [0.5, 0.6) is 11.5 Å². The molecule has 9 nitrogen and oxygen atoms in total. The van der Waals surface area contributed by atoms with Crippen molar-refractivity contribution in [3.63, 3.8) is 0 Å². The highest BCUT2D eigenvalue weighted by atomic mass is 32.1. The number of ether oxygens (including phenoxy) is 2. The third kappa shape index (κ3) is 4.33. The Hall–Kier alpha value is -4.05. The standard InChI is InChI=1S/C20H14N4O5S/c25-18(8-4-1-5-13-9-10-16-17(11-13)29-12-28-16)21-20-23-22-19(30-20)14-6-2-3-7-15(14)24(26)27/h1-11H,12H2,(H,21,23,25)/b5-1+,8-4+. The number of benzene rings is 2. The molecule has 1 aromatic heterocycles. The summed E-state index contributed by atoms with van der Waals surface area (Å²) in [5, 5.41) is 22.2. The molecule has 0 radical (unpaired) electrons. The summed E-state index contributed by atoms with van der Waals surface area (Å²) in [6.45, 7) is 0.216. The maximum Gasteiger partial charge on any atom is 0.279 e. The van der Waals surface area contributed by atoms with Crippen LogP contribution in [0.3, 0.4) is 0 Å². The average molecular weight is 422 g/mol. The Balaban J connectivity index is 1.37. The molecule has 1 N–H and O–H groups in total. The molecule has 1 amide bonds. The number of carbonyl (C=O) groups is 1. The van der Waals surface area contributed by atoms with E-state index in [1.165, 1.54) is 12.1 Å². The zero-order valence-corrected chi connectivity index (χ0v) is 16.2. The summed E-state index contributed by atoms with van der Waals surface area (Å²) >= 11 is 1.06. The third-order valence-corrected chi connectivity index (χ3v) is 4.90. The van der Waals surface area contributed by atoms with Gasteiger partial charge in [0.2, 0.25) is 17.8 Å². The summed E-state index contributed by atoms with van der Waals surface area (Å²) < 4.78 is 10.6. The first-order valence-corrected chi connectivity index (χ1v) is 9.54. The van der Waals surface area contributed by atoms with Crippen LogP contribution in [0.4, 0.5) is 10.8 Å². The molecule has 0 aliphatic carbocycles. The van der Waals surface area contributed by atoms with E-state index >= 15 is 0 Å². The summed E-state index contributed by atoms with van der Waals surface area (Å²) in [5.41, 5.74) is 1.19. The van der Waals surface area contributed by atoms with Gasteiger partial charge in [-0.05, 0) is 23.8 Å². The van der Waals surface area contributed by atoms with Gasteiger partial charge in [0, 0.05) is 12.1 Å². The van der Waals surface area contributed by atoms with Gasteiger partial charge in [0.05, 0.1) is 10.5 Å². The number of para-hydroxylation sites is 1. The van der Waals surface area contributed by atoms with E-state index in [0.29, 0.717) is 22.1 Å². The fourth-order valence-corrected chi connectivity index (χ4v) is 3.45. The average Bonchev–Trinajstić information content (AvgIpc) is 3.40. The Bertz CT molecular complexity index is 1170. The number of carbonyl (C=O) groups excluding carboxylic acids is 1. The van der Waals surface area contributed by atoms with Crippen LogP contribution in [0.1, 0.15) is 5.56 Å². The lowest BCUT2D eigenvalue weighted by Gasteiger charge is -1.97. The van der Waals surface area contributed by atoms with E-state index in [4.69, 9.17) is 9.47 Å². The SMILES string of the molecule is O=C(/C=C/C=C/c1ccc2c(c1)OCO2)Nc1nnc(-c2ccccc2[N+](=O)[O-])s1. The van der Waals surface area contributed by atoms with Crippen molar-refractivity contribution < 1.29 is 19.2 Å². The highest BCUT2D eigenvalue weighted by Gasteiger charge is 2.18. The molecule has 0 saturated carbocycles. The van der Waals surface area contributed by atoms with Gasteiger partial charge >= 0.3 is 0 Å². The molecule has 0 spiro atoms. The lowest BCUT2D eigenvalue weighted by atomic mass is 10.2. The number of amides is 1. The van der Waals surface area contributed by atoms with E-state index in [0.717, 1.165) is 16.9 Å². The van der Waals surface area contributed by atoms with Crippen LogP contribution < -0.4 is 14.8 Å². The van der Waals surface area contributed by atoms with E-state index in [-0.39, 0.29) is 17.6 Å². The van der Waals surface area contributed by atoms with Gasteiger partial charge < -0.3 is 9.47 Å². The molecular weight excluding hydrogens is 408 g/mol. The first kappa shape index (κ1) is 19.3. The van der Waals surface area contributed by atoms with E-state index < -0.39 is 10.8 Å². The fraction of sp³-hybridized carbons (Fsp3) is 0.0500. The van der Waals surface area contributed by atoms with E-state index in [1.807, 2.05) is 24.3 Å². The van der Waals surface area contributed by atoms with Crippen LogP contribution in [0.2, 0.25) is 0 Å². The number of fused-ring (bicyclic) bond motifs is 1. The second-order valence-corrected chi connectivity index (χ2v) is 6.98. The molecular formula is C20H14N4O5S.